The predicted molar refractivity (Wildman–Crippen MR) is 62.4 cm³/mol. The minimum atomic E-state index is -0.306. The van der Waals surface area contributed by atoms with Gasteiger partial charge in [-0.1, -0.05) is 6.07 Å². The van der Waals surface area contributed by atoms with Gasteiger partial charge in [-0.05, 0) is 48.9 Å². The van der Waals surface area contributed by atoms with Crippen molar-refractivity contribution in [3.63, 3.8) is 0 Å². The molecule has 0 bridgehead atoms. The fourth-order valence-corrected chi connectivity index (χ4v) is 1.41. The monoisotopic (exact) mass is 227 g/mol. The molecule has 2 aromatic rings. The zero-order chi connectivity index (χ0) is 12.3. The van der Waals surface area contributed by atoms with Gasteiger partial charge in [-0.3, -0.25) is 0 Å². The second-order valence-corrected chi connectivity index (χ2v) is 3.65. The van der Waals surface area contributed by atoms with Crippen LogP contribution in [0, 0.1) is 24.1 Å². The van der Waals surface area contributed by atoms with Gasteiger partial charge in [0.15, 0.2) is 0 Å². The summed E-state index contributed by atoms with van der Waals surface area (Å²) in [6.45, 7) is 1.89. The summed E-state index contributed by atoms with van der Waals surface area (Å²) < 4.78 is 18.3. The third kappa shape index (κ3) is 2.61. The first-order valence-corrected chi connectivity index (χ1v) is 5.13. The van der Waals surface area contributed by atoms with Crippen molar-refractivity contribution < 1.29 is 9.13 Å². The molecule has 0 spiro atoms. The second kappa shape index (κ2) is 4.67. The molecular formula is C14H10FNO. The Morgan fingerprint density at radius 3 is 2.47 bits per heavy atom. The van der Waals surface area contributed by atoms with Crippen molar-refractivity contribution in [3.8, 4) is 17.6 Å². The lowest BCUT2D eigenvalue weighted by Crippen LogP contribution is -1.89. The molecular weight excluding hydrogens is 217 g/mol. The number of rotatable bonds is 2. The molecule has 0 radical (unpaired) electrons. The van der Waals surface area contributed by atoms with Gasteiger partial charge in [0.2, 0.25) is 0 Å². The molecule has 0 fully saturated rings. The van der Waals surface area contributed by atoms with Crippen LogP contribution in [0.1, 0.15) is 11.1 Å². The van der Waals surface area contributed by atoms with E-state index in [1.807, 2.05) is 19.1 Å². The maximum absolute atomic E-state index is 12.7. The maximum Gasteiger partial charge on any atom is 0.131 e. The molecule has 0 aromatic heterocycles. The van der Waals surface area contributed by atoms with Crippen molar-refractivity contribution in [1.82, 2.24) is 0 Å². The average molecular weight is 227 g/mol. The fraction of sp³-hybridized carbons (Fsp3) is 0.0714. The van der Waals surface area contributed by atoms with E-state index in [2.05, 4.69) is 0 Å². The molecule has 2 aromatic carbocycles. The van der Waals surface area contributed by atoms with Gasteiger partial charge in [0.05, 0.1) is 11.6 Å². The van der Waals surface area contributed by atoms with E-state index in [1.165, 1.54) is 12.1 Å². The normalized spacial score (nSPS) is 9.71. The van der Waals surface area contributed by atoms with Crippen molar-refractivity contribution in [1.29, 1.82) is 5.26 Å². The Bertz CT molecular complexity index is 570. The Morgan fingerprint density at radius 2 is 1.82 bits per heavy atom. The molecule has 0 N–H and O–H groups in total. The number of aryl methyl sites for hydroxylation is 1. The number of benzene rings is 2. The van der Waals surface area contributed by atoms with E-state index in [-0.39, 0.29) is 5.82 Å². The van der Waals surface area contributed by atoms with Crippen LogP contribution in [0.4, 0.5) is 4.39 Å². The Labute approximate surface area is 98.9 Å². The van der Waals surface area contributed by atoms with Crippen molar-refractivity contribution in [2.24, 2.45) is 0 Å². The number of halogens is 1. The number of nitriles is 1. The molecule has 0 amide bonds. The summed E-state index contributed by atoms with van der Waals surface area (Å²) in [5, 5.41) is 8.80. The van der Waals surface area contributed by atoms with Crippen LogP contribution in [0.25, 0.3) is 0 Å². The summed E-state index contributed by atoms with van der Waals surface area (Å²) in [4.78, 5) is 0. The molecule has 17 heavy (non-hydrogen) atoms. The lowest BCUT2D eigenvalue weighted by atomic mass is 10.1. The summed E-state index contributed by atoms with van der Waals surface area (Å²) in [5.41, 5.74) is 1.46. The van der Waals surface area contributed by atoms with Gasteiger partial charge in [-0.15, -0.1) is 0 Å². The highest BCUT2D eigenvalue weighted by Gasteiger charge is 2.03. The van der Waals surface area contributed by atoms with Gasteiger partial charge in [0, 0.05) is 0 Å². The van der Waals surface area contributed by atoms with E-state index in [0.717, 1.165) is 5.56 Å². The minimum Gasteiger partial charge on any atom is -0.457 e. The smallest absolute Gasteiger partial charge is 0.131 e. The van der Waals surface area contributed by atoms with Crippen molar-refractivity contribution >= 4 is 0 Å². The van der Waals surface area contributed by atoms with E-state index in [9.17, 15) is 4.39 Å². The van der Waals surface area contributed by atoms with Gasteiger partial charge < -0.3 is 4.74 Å². The van der Waals surface area contributed by atoms with Crippen molar-refractivity contribution in [2.45, 2.75) is 6.92 Å². The van der Waals surface area contributed by atoms with Crippen LogP contribution in [0.3, 0.4) is 0 Å². The van der Waals surface area contributed by atoms with Crippen LogP contribution in [0.15, 0.2) is 42.5 Å². The highest BCUT2D eigenvalue weighted by molar-refractivity contribution is 5.44. The van der Waals surface area contributed by atoms with Crippen LogP contribution < -0.4 is 4.74 Å². The molecule has 0 saturated heterocycles. The van der Waals surface area contributed by atoms with Gasteiger partial charge in [-0.2, -0.15) is 5.26 Å². The zero-order valence-electron chi connectivity index (χ0n) is 9.27. The Hall–Kier alpha value is -2.34. The van der Waals surface area contributed by atoms with E-state index in [0.29, 0.717) is 17.1 Å². The number of hydrogen-bond donors (Lipinski definition) is 0. The molecule has 0 atom stereocenters. The van der Waals surface area contributed by atoms with Crippen molar-refractivity contribution in [3.05, 3.63) is 59.4 Å². The minimum absolute atomic E-state index is 0.306. The number of hydrogen-bond acceptors (Lipinski definition) is 2. The van der Waals surface area contributed by atoms with Crippen molar-refractivity contribution in [2.75, 3.05) is 0 Å². The van der Waals surface area contributed by atoms with E-state index >= 15 is 0 Å². The second-order valence-electron chi connectivity index (χ2n) is 3.65. The third-order valence-corrected chi connectivity index (χ3v) is 2.36. The van der Waals surface area contributed by atoms with E-state index in [1.54, 1.807) is 24.3 Å². The predicted octanol–water partition coefficient (Wildman–Crippen LogP) is 3.80. The lowest BCUT2D eigenvalue weighted by Gasteiger charge is -2.08. The van der Waals surface area contributed by atoms with Crippen LogP contribution in [0.2, 0.25) is 0 Å². The largest absolute Gasteiger partial charge is 0.457 e. The summed E-state index contributed by atoms with van der Waals surface area (Å²) in [7, 11) is 0. The first kappa shape index (κ1) is 11.2. The summed E-state index contributed by atoms with van der Waals surface area (Å²) in [6.07, 6.45) is 0. The summed E-state index contributed by atoms with van der Waals surface area (Å²) in [5.74, 6) is 0.847. The Kier molecular flexibility index (Phi) is 3.06. The average Bonchev–Trinajstić information content (AvgIpc) is 2.35. The van der Waals surface area contributed by atoms with Gasteiger partial charge in [0.1, 0.15) is 17.3 Å². The molecule has 0 heterocycles. The third-order valence-electron chi connectivity index (χ3n) is 2.36. The van der Waals surface area contributed by atoms with Gasteiger partial charge in [0.25, 0.3) is 0 Å². The highest BCUT2D eigenvalue weighted by atomic mass is 19.1. The fourth-order valence-electron chi connectivity index (χ4n) is 1.41. The first-order valence-electron chi connectivity index (χ1n) is 5.13. The summed E-state index contributed by atoms with van der Waals surface area (Å²) >= 11 is 0. The van der Waals surface area contributed by atoms with Crippen LogP contribution in [-0.2, 0) is 0 Å². The van der Waals surface area contributed by atoms with Gasteiger partial charge >= 0.3 is 0 Å². The van der Waals surface area contributed by atoms with E-state index in [4.69, 9.17) is 10.00 Å². The quantitative estimate of drug-likeness (QED) is 0.781. The van der Waals surface area contributed by atoms with Crippen LogP contribution in [-0.4, -0.2) is 0 Å². The molecule has 84 valence electrons. The molecule has 0 aliphatic heterocycles. The molecule has 2 nitrogen and oxygen atoms in total. The summed E-state index contributed by atoms with van der Waals surface area (Å²) in [6, 6.07) is 13.0. The molecule has 0 aliphatic carbocycles. The molecule has 0 unspecified atom stereocenters. The number of nitrogens with zero attached hydrogens (tertiary/aromatic N) is 1. The Morgan fingerprint density at radius 1 is 1.12 bits per heavy atom. The molecule has 0 saturated carbocycles. The lowest BCUT2D eigenvalue weighted by molar-refractivity contribution is 0.477. The first-order chi connectivity index (χ1) is 8.19. The topological polar surface area (TPSA) is 33.0 Å². The SMILES string of the molecule is Cc1ccc(C#N)cc1Oc1ccc(F)cc1. The molecule has 2 rings (SSSR count). The standard InChI is InChI=1S/C14H10FNO/c1-10-2-3-11(9-16)8-14(10)17-13-6-4-12(15)5-7-13/h2-8H,1H3. The highest BCUT2D eigenvalue weighted by Crippen LogP contribution is 2.25. The number of ether oxygens (including phenoxy) is 1. The Balaban J connectivity index is 2.29. The van der Waals surface area contributed by atoms with Gasteiger partial charge in [-0.25, -0.2) is 4.39 Å². The maximum atomic E-state index is 12.7. The van der Waals surface area contributed by atoms with Crippen LogP contribution >= 0.6 is 0 Å². The van der Waals surface area contributed by atoms with E-state index < -0.39 is 0 Å². The molecule has 0 aliphatic rings. The molecule has 3 heteroatoms. The zero-order valence-corrected chi connectivity index (χ0v) is 9.27. The van der Waals surface area contributed by atoms with Crippen LogP contribution in [0.5, 0.6) is 11.5 Å².